The fraction of sp³-hybridized carbons (Fsp3) is 1.00. The Morgan fingerprint density at radius 3 is 2.83 bits per heavy atom. The highest BCUT2D eigenvalue weighted by Gasteiger charge is 2.20. The SMILES string of the molecule is CCC(C)C(N)CC1CCCO1. The number of ether oxygens (including phenoxy) is 1. The Kier molecular flexibility index (Phi) is 4.02. The van der Waals surface area contributed by atoms with Crippen molar-refractivity contribution in [2.75, 3.05) is 6.61 Å². The minimum Gasteiger partial charge on any atom is -0.378 e. The van der Waals surface area contributed by atoms with E-state index in [1.165, 1.54) is 19.3 Å². The van der Waals surface area contributed by atoms with Gasteiger partial charge in [0.2, 0.25) is 0 Å². The molecular weight excluding hydrogens is 150 g/mol. The van der Waals surface area contributed by atoms with Crippen molar-refractivity contribution in [2.45, 2.75) is 51.7 Å². The Morgan fingerprint density at radius 1 is 1.58 bits per heavy atom. The van der Waals surface area contributed by atoms with Crippen LogP contribution in [0.1, 0.15) is 39.5 Å². The molecular formula is C10H21NO. The summed E-state index contributed by atoms with van der Waals surface area (Å²) in [4.78, 5) is 0. The summed E-state index contributed by atoms with van der Waals surface area (Å²) in [6.07, 6.45) is 5.11. The molecule has 1 rings (SSSR count). The lowest BCUT2D eigenvalue weighted by Gasteiger charge is -2.21. The van der Waals surface area contributed by atoms with Gasteiger partial charge in [-0.05, 0) is 25.2 Å². The van der Waals surface area contributed by atoms with E-state index in [-0.39, 0.29) is 0 Å². The maximum absolute atomic E-state index is 6.03. The summed E-state index contributed by atoms with van der Waals surface area (Å²) in [5, 5.41) is 0. The van der Waals surface area contributed by atoms with Gasteiger partial charge in [-0.1, -0.05) is 20.3 Å². The minimum atomic E-state index is 0.332. The van der Waals surface area contributed by atoms with Crippen LogP contribution in [0.3, 0.4) is 0 Å². The van der Waals surface area contributed by atoms with Gasteiger partial charge in [0, 0.05) is 12.6 Å². The standard InChI is InChI=1S/C10H21NO/c1-3-8(2)10(11)7-9-5-4-6-12-9/h8-10H,3-7,11H2,1-2H3. The van der Waals surface area contributed by atoms with Gasteiger partial charge in [0.05, 0.1) is 6.10 Å². The Balaban J connectivity index is 2.19. The topological polar surface area (TPSA) is 35.2 Å². The number of nitrogens with two attached hydrogens (primary N) is 1. The van der Waals surface area contributed by atoms with E-state index < -0.39 is 0 Å². The first-order valence-corrected chi connectivity index (χ1v) is 5.11. The molecule has 0 aromatic heterocycles. The lowest BCUT2D eigenvalue weighted by molar-refractivity contribution is 0.0929. The van der Waals surface area contributed by atoms with E-state index in [1.54, 1.807) is 0 Å². The first-order chi connectivity index (χ1) is 5.74. The van der Waals surface area contributed by atoms with Crippen LogP contribution in [0.5, 0.6) is 0 Å². The van der Waals surface area contributed by atoms with Crippen molar-refractivity contribution < 1.29 is 4.74 Å². The second kappa shape index (κ2) is 4.83. The minimum absolute atomic E-state index is 0.332. The molecule has 72 valence electrons. The average molecular weight is 171 g/mol. The van der Waals surface area contributed by atoms with Gasteiger partial charge in [0.15, 0.2) is 0 Å². The molecule has 0 aromatic carbocycles. The van der Waals surface area contributed by atoms with Crippen LogP contribution in [0.15, 0.2) is 0 Å². The summed E-state index contributed by atoms with van der Waals surface area (Å²) < 4.78 is 5.54. The number of rotatable bonds is 4. The van der Waals surface area contributed by atoms with E-state index in [1.807, 2.05) is 0 Å². The highest BCUT2D eigenvalue weighted by molar-refractivity contribution is 4.75. The Bertz CT molecular complexity index is 121. The zero-order chi connectivity index (χ0) is 8.97. The molecule has 1 saturated heterocycles. The van der Waals surface area contributed by atoms with Crippen LogP contribution in [0.4, 0.5) is 0 Å². The monoisotopic (exact) mass is 171 g/mol. The number of hydrogen-bond acceptors (Lipinski definition) is 2. The molecule has 1 aliphatic heterocycles. The lowest BCUT2D eigenvalue weighted by atomic mass is 9.94. The molecule has 3 unspecified atom stereocenters. The fourth-order valence-electron chi connectivity index (χ4n) is 1.67. The van der Waals surface area contributed by atoms with Gasteiger partial charge in [-0.25, -0.2) is 0 Å². The Morgan fingerprint density at radius 2 is 2.33 bits per heavy atom. The quantitative estimate of drug-likeness (QED) is 0.701. The molecule has 0 saturated carbocycles. The van der Waals surface area contributed by atoms with E-state index in [0.717, 1.165) is 13.0 Å². The van der Waals surface area contributed by atoms with Gasteiger partial charge >= 0.3 is 0 Å². The molecule has 2 N–H and O–H groups in total. The molecule has 1 fully saturated rings. The Hall–Kier alpha value is -0.0800. The normalized spacial score (nSPS) is 28.8. The van der Waals surface area contributed by atoms with Gasteiger partial charge in [0.1, 0.15) is 0 Å². The van der Waals surface area contributed by atoms with Crippen molar-refractivity contribution in [3.05, 3.63) is 0 Å². The molecule has 12 heavy (non-hydrogen) atoms. The zero-order valence-corrected chi connectivity index (χ0v) is 8.25. The second-order valence-electron chi connectivity index (χ2n) is 3.92. The molecule has 1 heterocycles. The molecule has 2 heteroatoms. The van der Waals surface area contributed by atoms with Crippen LogP contribution in [-0.2, 0) is 4.74 Å². The summed E-state index contributed by atoms with van der Waals surface area (Å²) >= 11 is 0. The highest BCUT2D eigenvalue weighted by atomic mass is 16.5. The third-order valence-electron chi connectivity index (χ3n) is 2.93. The van der Waals surface area contributed by atoms with E-state index in [9.17, 15) is 0 Å². The van der Waals surface area contributed by atoms with Crippen molar-refractivity contribution in [2.24, 2.45) is 11.7 Å². The van der Waals surface area contributed by atoms with Gasteiger partial charge in [-0.3, -0.25) is 0 Å². The third-order valence-corrected chi connectivity index (χ3v) is 2.93. The summed E-state index contributed by atoms with van der Waals surface area (Å²) in [5.41, 5.74) is 6.03. The first-order valence-electron chi connectivity index (χ1n) is 5.11. The van der Waals surface area contributed by atoms with Crippen LogP contribution in [0.25, 0.3) is 0 Å². The smallest absolute Gasteiger partial charge is 0.0590 e. The third kappa shape index (κ3) is 2.76. The summed E-state index contributed by atoms with van der Waals surface area (Å²) in [6, 6.07) is 0.332. The van der Waals surface area contributed by atoms with Crippen LogP contribution in [-0.4, -0.2) is 18.8 Å². The zero-order valence-electron chi connectivity index (χ0n) is 8.25. The predicted octanol–water partition coefficient (Wildman–Crippen LogP) is 1.93. The molecule has 2 nitrogen and oxygen atoms in total. The van der Waals surface area contributed by atoms with Crippen molar-refractivity contribution in [3.63, 3.8) is 0 Å². The van der Waals surface area contributed by atoms with E-state index >= 15 is 0 Å². The molecule has 3 atom stereocenters. The van der Waals surface area contributed by atoms with Crippen LogP contribution in [0, 0.1) is 5.92 Å². The van der Waals surface area contributed by atoms with Crippen molar-refractivity contribution in [1.82, 2.24) is 0 Å². The second-order valence-corrected chi connectivity index (χ2v) is 3.92. The van der Waals surface area contributed by atoms with Crippen molar-refractivity contribution >= 4 is 0 Å². The molecule has 0 amide bonds. The van der Waals surface area contributed by atoms with Gasteiger partial charge in [-0.15, -0.1) is 0 Å². The summed E-state index contributed by atoms with van der Waals surface area (Å²) in [6.45, 7) is 5.36. The first kappa shape index (κ1) is 10.0. The van der Waals surface area contributed by atoms with E-state index in [2.05, 4.69) is 13.8 Å². The van der Waals surface area contributed by atoms with Crippen molar-refractivity contribution in [3.8, 4) is 0 Å². The molecule has 0 aromatic rings. The average Bonchev–Trinajstić information content (AvgIpc) is 2.55. The molecule has 0 bridgehead atoms. The maximum Gasteiger partial charge on any atom is 0.0590 e. The van der Waals surface area contributed by atoms with Crippen molar-refractivity contribution in [1.29, 1.82) is 0 Å². The Labute approximate surface area is 75.5 Å². The van der Waals surface area contributed by atoms with Crippen LogP contribution in [0.2, 0.25) is 0 Å². The molecule has 0 radical (unpaired) electrons. The highest BCUT2D eigenvalue weighted by Crippen LogP contribution is 2.19. The van der Waals surface area contributed by atoms with Gasteiger partial charge in [0.25, 0.3) is 0 Å². The van der Waals surface area contributed by atoms with Gasteiger partial charge in [-0.2, -0.15) is 0 Å². The van der Waals surface area contributed by atoms with E-state index in [0.29, 0.717) is 18.1 Å². The van der Waals surface area contributed by atoms with Crippen LogP contribution < -0.4 is 5.73 Å². The molecule has 0 spiro atoms. The van der Waals surface area contributed by atoms with Gasteiger partial charge < -0.3 is 10.5 Å². The summed E-state index contributed by atoms with van der Waals surface area (Å²) in [5.74, 6) is 0.634. The molecule has 1 aliphatic rings. The summed E-state index contributed by atoms with van der Waals surface area (Å²) in [7, 11) is 0. The lowest BCUT2D eigenvalue weighted by Crippen LogP contribution is -2.31. The number of hydrogen-bond donors (Lipinski definition) is 1. The largest absolute Gasteiger partial charge is 0.378 e. The predicted molar refractivity (Wildman–Crippen MR) is 51.0 cm³/mol. The fourth-order valence-corrected chi connectivity index (χ4v) is 1.67. The van der Waals surface area contributed by atoms with E-state index in [4.69, 9.17) is 10.5 Å². The van der Waals surface area contributed by atoms with Crippen LogP contribution >= 0.6 is 0 Å². The molecule has 0 aliphatic carbocycles. The maximum atomic E-state index is 6.03.